The summed E-state index contributed by atoms with van der Waals surface area (Å²) in [6, 6.07) is 7.00. The van der Waals surface area contributed by atoms with Crippen molar-refractivity contribution in [1.82, 2.24) is 15.6 Å². The fraction of sp³-hybridized carbons (Fsp3) is 0.524. The van der Waals surface area contributed by atoms with E-state index < -0.39 is 0 Å². The number of piperidine rings is 1. The van der Waals surface area contributed by atoms with Gasteiger partial charge in [0.1, 0.15) is 11.6 Å². The van der Waals surface area contributed by atoms with Gasteiger partial charge in [0.15, 0.2) is 5.96 Å². The van der Waals surface area contributed by atoms with Crippen LogP contribution in [0.2, 0.25) is 0 Å². The monoisotopic (exact) mass is 387 g/mol. The molecule has 1 aromatic carbocycles. The van der Waals surface area contributed by atoms with Gasteiger partial charge in [-0.3, -0.25) is 4.99 Å². The Morgan fingerprint density at radius 1 is 1.39 bits per heavy atom. The number of aromatic nitrogens is 1. The van der Waals surface area contributed by atoms with Crippen LogP contribution in [0.15, 0.2) is 39.9 Å². The fourth-order valence-corrected chi connectivity index (χ4v) is 3.29. The number of oxazole rings is 1. The van der Waals surface area contributed by atoms with Crippen LogP contribution in [0.5, 0.6) is 0 Å². The molecule has 1 atom stereocenters. The summed E-state index contributed by atoms with van der Waals surface area (Å²) in [7, 11) is 1.75. The first-order chi connectivity index (χ1) is 13.3. The largest absolute Gasteiger partial charge is 0.443 e. The minimum Gasteiger partial charge on any atom is -0.443 e. The standard InChI is InChI=1S/C21H30FN5O/c1-21(2,3)18-12-24-19(28-18)13-25-20(23-4)26-16-8-6-10-27(14-16)17-9-5-7-15(22)11-17/h5,7,9,11-12,16H,6,8,10,13-14H2,1-4H3,(H2,23,25,26). The molecule has 7 heteroatoms. The Morgan fingerprint density at radius 2 is 2.21 bits per heavy atom. The van der Waals surface area contributed by atoms with E-state index in [1.54, 1.807) is 25.4 Å². The van der Waals surface area contributed by atoms with Crippen molar-refractivity contribution in [3.63, 3.8) is 0 Å². The number of halogens is 1. The van der Waals surface area contributed by atoms with Gasteiger partial charge in [0, 0.05) is 37.3 Å². The summed E-state index contributed by atoms with van der Waals surface area (Å²) >= 11 is 0. The second-order valence-corrected chi connectivity index (χ2v) is 8.20. The van der Waals surface area contributed by atoms with E-state index in [1.165, 1.54) is 6.07 Å². The van der Waals surface area contributed by atoms with Crippen LogP contribution in [0.4, 0.5) is 10.1 Å². The van der Waals surface area contributed by atoms with Crippen LogP contribution in [0.25, 0.3) is 0 Å². The van der Waals surface area contributed by atoms with Crippen molar-refractivity contribution >= 4 is 11.6 Å². The molecule has 1 aliphatic heterocycles. The third-order valence-electron chi connectivity index (χ3n) is 4.86. The summed E-state index contributed by atoms with van der Waals surface area (Å²) in [6.07, 6.45) is 3.87. The van der Waals surface area contributed by atoms with Crippen molar-refractivity contribution in [1.29, 1.82) is 0 Å². The van der Waals surface area contributed by atoms with Crippen molar-refractivity contribution < 1.29 is 8.81 Å². The highest BCUT2D eigenvalue weighted by Crippen LogP contribution is 2.23. The average Bonchev–Trinajstić information content (AvgIpc) is 3.15. The quantitative estimate of drug-likeness (QED) is 0.621. The zero-order chi connectivity index (χ0) is 20.1. The van der Waals surface area contributed by atoms with Crippen LogP contribution in [-0.4, -0.2) is 37.1 Å². The van der Waals surface area contributed by atoms with E-state index in [0.29, 0.717) is 18.4 Å². The number of guanidine groups is 1. The van der Waals surface area contributed by atoms with Gasteiger partial charge in [-0.1, -0.05) is 26.8 Å². The first kappa shape index (κ1) is 20.2. The lowest BCUT2D eigenvalue weighted by Crippen LogP contribution is -2.51. The summed E-state index contributed by atoms with van der Waals surface area (Å²) in [5.74, 6) is 2.01. The van der Waals surface area contributed by atoms with Gasteiger partial charge in [-0.25, -0.2) is 9.37 Å². The Kier molecular flexibility index (Phi) is 6.21. The van der Waals surface area contributed by atoms with Gasteiger partial charge in [0.2, 0.25) is 5.89 Å². The molecule has 1 saturated heterocycles. The van der Waals surface area contributed by atoms with Gasteiger partial charge in [0.25, 0.3) is 0 Å². The fourth-order valence-electron chi connectivity index (χ4n) is 3.29. The minimum absolute atomic E-state index is 0.0619. The molecule has 0 saturated carbocycles. The third kappa shape index (κ3) is 5.24. The molecule has 1 fully saturated rings. The van der Waals surface area contributed by atoms with Crippen LogP contribution in [0, 0.1) is 5.82 Å². The Bertz CT molecular complexity index is 811. The van der Waals surface area contributed by atoms with Crippen LogP contribution < -0.4 is 15.5 Å². The second-order valence-electron chi connectivity index (χ2n) is 8.20. The van der Waals surface area contributed by atoms with E-state index in [-0.39, 0.29) is 17.3 Å². The van der Waals surface area contributed by atoms with E-state index in [0.717, 1.165) is 37.4 Å². The Hall–Kier alpha value is -2.57. The first-order valence-corrected chi connectivity index (χ1v) is 9.78. The van der Waals surface area contributed by atoms with Crippen molar-refractivity contribution in [2.24, 2.45) is 4.99 Å². The molecule has 0 spiro atoms. The zero-order valence-electron chi connectivity index (χ0n) is 17.1. The summed E-state index contributed by atoms with van der Waals surface area (Å²) in [4.78, 5) is 10.9. The first-order valence-electron chi connectivity index (χ1n) is 9.78. The van der Waals surface area contributed by atoms with Crippen LogP contribution in [-0.2, 0) is 12.0 Å². The van der Waals surface area contributed by atoms with Gasteiger partial charge >= 0.3 is 0 Å². The maximum absolute atomic E-state index is 13.5. The van der Waals surface area contributed by atoms with Crippen molar-refractivity contribution in [2.75, 3.05) is 25.0 Å². The summed E-state index contributed by atoms with van der Waals surface area (Å²) in [5.41, 5.74) is 0.858. The number of anilines is 1. The SMILES string of the molecule is CN=C(NCc1ncc(C(C)(C)C)o1)NC1CCCN(c2cccc(F)c2)C1. The van der Waals surface area contributed by atoms with Crippen LogP contribution in [0.1, 0.15) is 45.3 Å². The molecule has 0 amide bonds. The summed E-state index contributed by atoms with van der Waals surface area (Å²) in [6.45, 7) is 8.49. The zero-order valence-corrected chi connectivity index (χ0v) is 17.1. The highest BCUT2D eigenvalue weighted by Gasteiger charge is 2.22. The molecule has 0 aliphatic carbocycles. The van der Waals surface area contributed by atoms with Crippen molar-refractivity contribution in [3.8, 4) is 0 Å². The third-order valence-corrected chi connectivity index (χ3v) is 4.86. The Balaban J connectivity index is 1.55. The minimum atomic E-state index is -0.203. The Labute approximate surface area is 166 Å². The number of aliphatic imine (C=N–C) groups is 1. The van der Waals surface area contributed by atoms with E-state index >= 15 is 0 Å². The van der Waals surface area contributed by atoms with E-state index in [9.17, 15) is 4.39 Å². The molecular formula is C21H30FN5O. The molecular weight excluding hydrogens is 357 g/mol. The lowest BCUT2D eigenvalue weighted by atomic mass is 9.94. The van der Waals surface area contributed by atoms with Gasteiger partial charge in [-0.15, -0.1) is 0 Å². The predicted molar refractivity (Wildman–Crippen MR) is 110 cm³/mol. The number of hydrogen-bond donors (Lipinski definition) is 2. The number of benzene rings is 1. The molecule has 28 heavy (non-hydrogen) atoms. The second kappa shape index (κ2) is 8.63. The van der Waals surface area contributed by atoms with Gasteiger partial charge in [-0.2, -0.15) is 0 Å². The maximum Gasteiger partial charge on any atom is 0.213 e. The molecule has 6 nitrogen and oxygen atoms in total. The number of nitrogens with zero attached hydrogens (tertiary/aromatic N) is 3. The normalized spacial score (nSPS) is 18.2. The van der Waals surface area contributed by atoms with Gasteiger partial charge < -0.3 is 20.0 Å². The Morgan fingerprint density at radius 3 is 2.89 bits per heavy atom. The lowest BCUT2D eigenvalue weighted by molar-refractivity contribution is 0.379. The topological polar surface area (TPSA) is 65.7 Å². The molecule has 152 valence electrons. The van der Waals surface area contributed by atoms with Crippen molar-refractivity contribution in [2.45, 2.75) is 51.6 Å². The van der Waals surface area contributed by atoms with Crippen LogP contribution in [0.3, 0.4) is 0 Å². The summed E-state index contributed by atoms with van der Waals surface area (Å²) in [5, 5.41) is 6.73. The van der Waals surface area contributed by atoms with Gasteiger partial charge in [0.05, 0.1) is 12.7 Å². The number of nitrogens with one attached hydrogen (secondary N) is 2. The number of hydrogen-bond acceptors (Lipinski definition) is 4. The molecule has 2 heterocycles. The maximum atomic E-state index is 13.5. The molecule has 2 N–H and O–H groups in total. The van der Waals surface area contributed by atoms with E-state index in [4.69, 9.17) is 4.42 Å². The van der Waals surface area contributed by atoms with E-state index in [1.807, 2.05) is 6.07 Å². The smallest absolute Gasteiger partial charge is 0.213 e. The van der Waals surface area contributed by atoms with Crippen molar-refractivity contribution in [3.05, 3.63) is 47.9 Å². The molecule has 2 aromatic rings. The average molecular weight is 388 g/mol. The van der Waals surface area contributed by atoms with Crippen LogP contribution >= 0.6 is 0 Å². The molecule has 1 aliphatic rings. The van der Waals surface area contributed by atoms with E-state index in [2.05, 4.69) is 46.3 Å². The molecule has 1 aromatic heterocycles. The van der Waals surface area contributed by atoms with Gasteiger partial charge in [-0.05, 0) is 31.0 Å². The highest BCUT2D eigenvalue weighted by molar-refractivity contribution is 5.80. The highest BCUT2D eigenvalue weighted by atomic mass is 19.1. The number of rotatable bonds is 4. The summed E-state index contributed by atoms with van der Waals surface area (Å²) < 4.78 is 19.4. The molecule has 0 radical (unpaired) electrons. The molecule has 0 bridgehead atoms. The molecule has 1 unspecified atom stereocenters. The molecule has 3 rings (SSSR count). The predicted octanol–water partition coefficient (Wildman–Crippen LogP) is 3.45. The lowest BCUT2D eigenvalue weighted by Gasteiger charge is -2.35.